The third kappa shape index (κ3) is 5.44. The van der Waals surface area contributed by atoms with E-state index in [4.69, 9.17) is 10.5 Å². The number of hydrogen-bond donors (Lipinski definition) is 1. The summed E-state index contributed by atoms with van der Waals surface area (Å²) in [6, 6.07) is 6.12. The summed E-state index contributed by atoms with van der Waals surface area (Å²) in [7, 11) is 0.680. The molecule has 1 aromatic rings. The predicted octanol–water partition coefficient (Wildman–Crippen LogP) is 1.53. The van der Waals surface area contributed by atoms with Crippen LogP contribution < -0.4 is 5.73 Å². The lowest BCUT2D eigenvalue weighted by atomic mass is 10.1. The van der Waals surface area contributed by atoms with Gasteiger partial charge < -0.3 is 10.5 Å². The Bertz CT molecular complexity index is 373. The molecule has 0 saturated carbocycles. The molecule has 0 aliphatic rings. The SMILES string of the molecule is COCC(N)CS(=O)Cc1cc(C)cc(C)c1. The van der Waals surface area contributed by atoms with Crippen molar-refractivity contribution in [3.8, 4) is 0 Å². The second-order valence-electron chi connectivity index (χ2n) is 4.46. The van der Waals surface area contributed by atoms with E-state index >= 15 is 0 Å². The van der Waals surface area contributed by atoms with Gasteiger partial charge >= 0.3 is 0 Å². The second-order valence-corrected chi connectivity index (χ2v) is 5.96. The summed E-state index contributed by atoms with van der Waals surface area (Å²) >= 11 is 0. The number of ether oxygens (including phenoxy) is 1. The summed E-state index contributed by atoms with van der Waals surface area (Å²) in [5, 5.41) is 0. The van der Waals surface area contributed by atoms with E-state index in [0.29, 0.717) is 18.1 Å². The Morgan fingerprint density at radius 3 is 2.41 bits per heavy atom. The van der Waals surface area contributed by atoms with E-state index in [1.54, 1.807) is 7.11 Å². The largest absolute Gasteiger partial charge is 0.383 e. The van der Waals surface area contributed by atoms with Crippen LogP contribution in [0.2, 0.25) is 0 Å². The van der Waals surface area contributed by atoms with E-state index < -0.39 is 10.8 Å². The molecule has 2 atom stereocenters. The van der Waals surface area contributed by atoms with Gasteiger partial charge in [0.25, 0.3) is 0 Å². The highest BCUT2D eigenvalue weighted by Gasteiger charge is 2.09. The van der Waals surface area contributed by atoms with Crippen LogP contribution in [0.1, 0.15) is 16.7 Å². The minimum Gasteiger partial charge on any atom is -0.383 e. The molecule has 0 amide bonds. The smallest absolute Gasteiger partial charge is 0.0622 e. The molecular formula is C13H21NO2S. The molecule has 2 N–H and O–H groups in total. The lowest BCUT2D eigenvalue weighted by molar-refractivity contribution is 0.186. The first kappa shape index (κ1) is 14.4. The molecule has 0 aliphatic carbocycles. The van der Waals surface area contributed by atoms with Crippen molar-refractivity contribution in [2.24, 2.45) is 5.73 Å². The van der Waals surface area contributed by atoms with Crippen LogP contribution in [0.25, 0.3) is 0 Å². The second kappa shape index (κ2) is 6.89. The highest BCUT2D eigenvalue weighted by atomic mass is 32.2. The summed E-state index contributed by atoms with van der Waals surface area (Å²) in [4.78, 5) is 0. The van der Waals surface area contributed by atoms with Crippen LogP contribution in [0.5, 0.6) is 0 Å². The fourth-order valence-electron chi connectivity index (χ4n) is 1.90. The molecule has 17 heavy (non-hydrogen) atoms. The van der Waals surface area contributed by atoms with Gasteiger partial charge in [0.1, 0.15) is 0 Å². The number of nitrogens with two attached hydrogens (primary N) is 1. The van der Waals surface area contributed by atoms with E-state index in [1.165, 1.54) is 11.1 Å². The van der Waals surface area contributed by atoms with E-state index in [2.05, 4.69) is 32.0 Å². The molecular weight excluding hydrogens is 234 g/mol. The first-order chi connectivity index (χ1) is 8.01. The Balaban J connectivity index is 2.56. The summed E-state index contributed by atoms with van der Waals surface area (Å²) in [6.07, 6.45) is 0. The number of benzene rings is 1. The quantitative estimate of drug-likeness (QED) is 0.838. The maximum Gasteiger partial charge on any atom is 0.0622 e. The zero-order valence-electron chi connectivity index (χ0n) is 10.7. The van der Waals surface area contributed by atoms with Gasteiger partial charge in [0, 0.05) is 35.5 Å². The Morgan fingerprint density at radius 1 is 1.29 bits per heavy atom. The number of aryl methyl sites for hydroxylation is 2. The Kier molecular flexibility index (Phi) is 5.82. The van der Waals surface area contributed by atoms with Gasteiger partial charge in [-0.15, -0.1) is 0 Å². The Hall–Kier alpha value is -0.710. The first-order valence-electron chi connectivity index (χ1n) is 5.68. The van der Waals surface area contributed by atoms with Crippen molar-refractivity contribution >= 4 is 10.8 Å². The van der Waals surface area contributed by atoms with Crippen LogP contribution in [0, 0.1) is 13.8 Å². The molecule has 0 spiro atoms. The molecule has 0 saturated heterocycles. The van der Waals surface area contributed by atoms with Gasteiger partial charge in [0.2, 0.25) is 0 Å². The van der Waals surface area contributed by atoms with Gasteiger partial charge in [-0.25, -0.2) is 0 Å². The van der Waals surface area contributed by atoms with Crippen molar-refractivity contribution in [1.29, 1.82) is 0 Å². The molecule has 1 rings (SSSR count). The van der Waals surface area contributed by atoms with Crippen LogP contribution in [-0.2, 0) is 21.3 Å². The monoisotopic (exact) mass is 255 g/mol. The molecule has 4 heteroatoms. The summed E-state index contributed by atoms with van der Waals surface area (Å²) < 4.78 is 16.8. The molecule has 0 bridgehead atoms. The van der Waals surface area contributed by atoms with Crippen molar-refractivity contribution in [2.75, 3.05) is 19.5 Å². The minimum atomic E-state index is -0.924. The molecule has 3 nitrogen and oxygen atoms in total. The average molecular weight is 255 g/mol. The molecule has 2 unspecified atom stereocenters. The zero-order chi connectivity index (χ0) is 12.8. The number of rotatable bonds is 6. The van der Waals surface area contributed by atoms with Crippen molar-refractivity contribution in [2.45, 2.75) is 25.6 Å². The van der Waals surface area contributed by atoms with Crippen LogP contribution in [0.15, 0.2) is 18.2 Å². The molecule has 0 aliphatic heterocycles. The van der Waals surface area contributed by atoms with Crippen molar-refractivity contribution < 1.29 is 8.95 Å². The molecule has 96 valence electrons. The van der Waals surface area contributed by atoms with E-state index in [9.17, 15) is 4.21 Å². The number of hydrogen-bond acceptors (Lipinski definition) is 3. The fourth-order valence-corrected chi connectivity index (χ4v) is 3.13. The minimum absolute atomic E-state index is 0.147. The lowest BCUT2D eigenvalue weighted by Crippen LogP contribution is -2.32. The predicted molar refractivity (Wildman–Crippen MR) is 72.5 cm³/mol. The van der Waals surface area contributed by atoms with Crippen LogP contribution >= 0.6 is 0 Å². The van der Waals surface area contributed by atoms with Crippen LogP contribution in [-0.4, -0.2) is 29.7 Å². The zero-order valence-corrected chi connectivity index (χ0v) is 11.5. The third-order valence-electron chi connectivity index (χ3n) is 2.39. The van der Waals surface area contributed by atoms with Gasteiger partial charge in [-0.3, -0.25) is 4.21 Å². The highest BCUT2D eigenvalue weighted by Crippen LogP contribution is 2.11. The van der Waals surface area contributed by atoms with Crippen LogP contribution in [0.3, 0.4) is 0 Å². The van der Waals surface area contributed by atoms with E-state index in [0.717, 1.165) is 5.56 Å². The standard InChI is InChI=1S/C13H21NO2S/c1-10-4-11(2)6-12(5-10)8-17(15)9-13(14)7-16-3/h4-6,13H,7-9,14H2,1-3H3. The maximum absolute atomic E-state index is 11.9. The summed E-state index contributed by atoms with van der Waals surface area (Å²) in [5.74, 6) is 1.06. The van der Waals surface area contributed by atoms with Gasteiger partial charge in [0.05, 0.1) is 6.61 Å². The van der Waals surface area contributed by atoms with Gasteiger partial charge in [-0.05, 0) is 19.4 Å². The fraction of sp³-hybridized carbons (Fsp3) is 0.538. The van der Waals surface area contributed by atoms with E-state index in [1.807, 2.05) is 0 Å². The first-order valence-corrected chi connectivity index (χ1v) is 7.16. The van der Waals surface area contributed by atoms with Gasteiger partial charge in [-0.1, -0.05) is 29.3 Å². The molecule has 1 aromatic carbocycles. The summed E-state index contributed by atoms with van der Waals surface area (Å²) in [6.45, 7) is 4.56. The van der Waals surface area contributed by atoms with Crippen LogP contribution in [0.4, 0.5) is 0 Å². The van der Waals surface area contributed by atoms with Crippen molar-refractivity contribution in [3.05, 3.63) is 34.9 Å². The third-order valence-corrected chi connectivity index (χ3v) is 3.85. The Morgan fingerprint density at radius 2 is 1.88 bits per heavy atom. The Labute approximate surface area is 106 Å². The lowest BCUT2D eigenvalue weighted by Gasteiger charge is -2.10. The molecule has 0 heterocycles. The molecule has 0 radical (unpaired) electrons. The maximum atomic E-state index is 11.9. The topological polar surface area (TPSA) is 52.3 Å². The molecule has 0 aromatic heterocycles. The number of methoxy groups -OCH3 is 1. The average Bonchev–Trinajstić information content (AvgIpc) is 2.14. The van der Waals surface area contributed by atoms with Gasteiger partial charge in [-0.2, -0.15) is 0 Å². The van der Waals surface area contributed by atoms with E-state index in [-0.39, 0.29) is 6.04 Å². The normalized spacial score (nSPS) is 14.6. The van der Waals surface area contributed by atoms with Gasteiger partial charge in [0.15, 0.2) is 0 Å². The highest BCUT2D eigenvalue weighted by molar-refractivity contribution is 7.84. The summed E-state index contributed by atoms with van der Waals surface area (Å²) in [5.41, 5.74) is 9.31. The molecule has 0 fully saturated rings. The van der Waals surface area contributed by atoms with Crippen molar-refractivity contribution in [1.82, 2.24) is 0 Å². The van der Waals surface area contributed by atoms with Crippen molar-refractivity contribution in [3.63, 3.8) is 0 Å².